The Kier molecular flexibility index (Phi) is 5.27. The molecule has 0 saturated heterocycles. The minimum absolute atomic E-state index is 0.0249. The molecule has 0 amide bonds. The number of pyridine rings is 1. The van der Waals surface area contributed by atoms with Crippen LogP contribution in [-0.2, 0) is 5.41 Å². The molecule has 1 heterocycles. The summed E-state index contributed by atoms with van der Waals surface area (Å²) in [7, 11) is 0. The van der Waals surface area contributed by atoms with E-state index < -0.39 is 0 Å². The highest BCUT2D eigenvalue weighted by Crippen LogP contribution is 2.49. The molecule has 162 valence electrons. The summed E-state index contributed by atoms with van der Waals surface area (Å²) in [4.78, 5) is 14.7. The highest BCUT2D eigenvalue weighted by molar-refractivity contribution is 6.32. The van der Waals surface area contributed by atoms with Crippen molar-refractivity contribution in [1.29, 1.82) is 0 Å². The molecule has 1 aromatic heterocycles. The van der Waals surface area contributed by atoms with Crippen molar-refractivity contribution in [3.05, 3.63) is 75.4 Å². The molecule has 5 rings (SSSR count). The predicted octanol–water partition coefficient (Wildman–Crippen LogP) is 5.32. The second-order valence-electron chi connectivity index (χ2n) is 9.02. The summed E-state index contributed by atoms with van der Waals surface area (Å²) in [6, 6.07) is 12.3. The Morgan fingerprint density at radius 1 is 1.10 bits per heavy atom. The standard InChI is InChI=1S/C25H26ClFN2O2/c26-21-14-20-16(9-12-29-24(20)30)13-22(21)31-19-7-10-25(11-8-19,23(28)15-1-2-15)17-3-5-18(27)6-4-17/h3-6,9,12-15,19,23H,1-2,7-8,10-11,28H2,(H,29,30)/t19-,23?,25+. The molecule has 3 N–H and O–H groups in total. The summed E-state index contributed by atoms with van der Waals surface area (Å²) < 4.78 is 19.8. The maximum absolute atomic E-state index is 13.5. The zero-order chi connectivity index (χ0) is 21.6. The SMILES string of the molecule is NC(C1CC1)[C@]1(c2ccc(F)cc2)CC[C@H](Oc2cc3cc[nH]c(=O)c3cc2Cl)CC1. The Morgan fingerprint density at radius 3 is 2.48 bits per heavy atom. The molecule has 0 radical (unpaired) electrons. The number of fused-ring (bicyclic) bond motifs is 1. The van der Waals surface area contributed by atoms with E-state index in [9.17, 15) is 9.18 Å². The molecule has 2 aliphatic carbocycles. The average molecular weight is 441 g/mol. The van der Waals surface area contributed by atoms with Crippen molar-refractivity contribution in [3.63, 3.8) is 0 Å². The topological polar surface area (TPSA) is 68.1 Å². The van der Waals surface area contributed by atoms with Crippen LogP contribution in [0, 0.1) is 11.7 Å². The molecule has 6 heteroatoms. The lowest BCUT2D eigenvalue weighted by atomic mass is 9.63. The third-order valence-corrected chi connectivity index (χ3v) is 7.43. The number of hydrogen-bond acceptors (Lipinski definition) is 3. The van der Waals surface area contributed by atoms with Crippen LogP contribution in [0.15, 0.2) is 53.5 Å². The molecule has 0 aliphatic heterocycles. The van der Waals surface area contributed by atoms with Crippen LogP contribution in [0.2, 0.25) is 5.02 Å². The fourth-order valence-corrected chi connectivity index (χ4v) is 5.39. The Bertz CT molecular complexity index is 1150. The van der Waals surface area contributed by atoms with Gasteiger partial charge < -0.3 is 15.5 Å². The molecule has 2 aliphatic rings. The second-order valence-corrected chi connectivity index (χ2v) is 9.43. The van der Waals surface area contributed by atoms with E-state index in [1.54, 1.807) is 12.3 Å². The van der Waals surface area contributed by atoms with Gasteiger partial charge in [0.05, 0.1) is 11.1 Å². The number of nitrogens with one attached hydrogen (secondary N) is 1. The maximum atomic E-state index is 13.5. The summed E-state index contributed by atoms with van der Waals surface area (Å²) in [6.45, 7) is 0. The largest absolute Gasteiger partial charge is 0.489 e. The van der Waals surface area contributed by atoms with Crippen molar-refractivity contribution in [2.45, 2.75) is 56.1 Å². The third kappa shape index (κ3) is 3.85. The molecule has 1 atom stereocenters. The smallest absolute Gasteiger partial charge is 0.255 e. The van der Waals surface area contributed by atoms with Gasteiger partial charge in [0, 0.05) is 23.0 Å². The number of nitrogens with two attached hydrogens (primary N) is 1. The van der Waals surface area contributed by atoms with E-state index in [0.29, 0.717) is 22.1 Å². The number of aromatic nitrogens is 1. The number of aromatic amines is 1. The highest BCUT2D eigenvalue weighted by Gasteiger charge is 2.47. The first-order chi connectivity index (χ1) is 15.0. The van der Waals surface area contributed by atoms with Crippen LogP contribution in [0.5, 0.6) is 5.75 Å². The quantitative estimate of drug-likeness (QED) is 0.564. The van der Waals surface area contributed by atoms with Gasteiger partial charge in [0.15, 0.2) is 0 Å². The van der Waals surface area contributed by atoms with Gasteiger partial charge in [-0.15, -0.1) is 0 Å². The first-order valence-electron chi connectivity index (χ1n) is 11.0. The van der Waals surface area contributed by atoms with E-state index in [1.807, 2.05) is 24.3 Å². The summed E-state index contributed by atoms with van der Waals surface area (Å²) in [6.07, 6.45) is 7.49. The van der Waals surface area contributed by atoms with Crippen LogP contribution in [0.25, 0.3) is 10.8 Å². The van der Waals surface area contributed by atoms with Crippen LogP contribution in [0.4, 0.5) is 4.39 Å². The monoisotopic (exact) mass is 440 g/mol. The van der Waals surface area contributed by atoms with Crippen molar-refractivity contribution < 1.29 is 9.13 Å². The minimum Gasteiger partial charge on any atom is -0.489 e. The molecule has 2 aromatic carbocycles. The van der Waals surface area contributed by atoms with Crippen molar-refractivity contribution in [2.75, 3.05) is 0 Å². The Hall–Kier alpha value is -2.37. The highest BCUT2D eigenvalue weighted by atomic mass is 35.5. The number of rotatable bonds is 5. The van der Waals surface area contributed by atoms with Gasteiger partial charge in [0.25, 0.3) is 5.56 Å². The van der Waals surface area contributed by atoms with E-state index >= 15 is 0 Å². The van der Waals surface area contributed by atoms with Gasteiger partial charge in [0.2, 0.25) is 0 Å². The zero-order valence-electron chi connectivity index (χ0n) is 17.2. The Labute approximate surface area is 185 Å². The lowest BCUT2D eigenvalue weighted by molar-refractivity contribution is 0.101. The predicted molar refractivity (Wildman–Crippen MR) is 121 cm³/mol. The van der Waals surface area contributed by atoms with Crippen LogP contribution < -0.4 is 16.0 Å². The minimum atomic E-state index is -0.222. The molecule has 4 nitrogen and oxygen atoms in total. The second kappa shape index (κ2) is 7.95. The number of H-pyrrole nitrogens is 1. The van der Waals surface area contributed by atoms with Gasteiger partial charge in [-0.1, -0.05) is 23.7 Å². The number of halogens is 2. The lowest BCUT2D eigenvalue weighted by Crippen LogP contribution is -2.50. The van der Waals surface area contributed by atoms with Crippen LogP contribution in [-0.4, -0.2) is 17.1 Å². The molecule has 2 fully saturated rings. The van der Waals surface area contributed by atoms with Crippen LogP contribution in [0.3, 0.4) is 0 Å². The van der Waals surface area contributed by atoms with Gasteiger partial charge in [0.1, 0.15) is 11.6 Å². The zero-order valence-corrected chi connectivity index (χ0v) is 18.0. The fraction of sp³-hybridized carbons (Fsp3) is 0.400. The molecule has 31 heavy (non-hydrogen) atoms. The first-order valence-corrected chi connectivity index (χ1v) is 11.3. The molecule has 3 aromatic rings. The number of ether oxygens (including phenoxy) is 1. The number of benzene rings is 2. The molecule has 0 spiro atoms. The summed E-state index contributed by atoms with van der Waals surface area (Å²) >= 11 is 6.43. The molecular weight excluding hydrogens is 415 g/mol. The van der Waals surface area contributed by atoms with Crippen LogP contribution in [0.1, 0.15) is 44.1 Å². The van der Waals surface area contributed by atoms with Crippen molar-refractivity contribution in [2.24, 2.45) is 11.7 Å². The van der Waals surface area contributed by atoms with E-state index in [-0.39, 0.29) is 28.9 Å². The molecule has 2 saturated carbocycles. The van der Waals surface area contributed by atoms with Crippen molar-refractivity contribution >= 4 is 22.4 Å². The number of hydrogen-bond donors (Lipinski definition) is 2. The van der Waals surface area contributed by atoms with Gasteiger partial charge in [-0.05, 0) is 85.7 Å². The summed E-state index contributed by atoms with van der Waals surface area (Å²) in [5.74, 6) is 0.932. The van der Waals surface area contributed by atoms with E-state index in [0.717, 1.165) is 36.6 Å². The maximum Gasteiger partial charge on any atom is 0.255 e. The van der Waals surface area contributed by atoms with E-state index in [1.165, 1.54) is 25.0 Å². The molecule has 0 bridgehead atoms. The first kappa shape index (κ1) is 20.5. The van der Waals surface area contributed by atoms with Gasteiger partial charge in [-0.3, -0.25) is 4.79 Å². The van der Waals surface area contributed by atoms with Gasteiger partial charge >= 0.3 is 0 Å². The summed E-state index contributed by atoms with van der Waals surface area (Å²) in [5.41, 5.74) is 7.59. The van der Waals surface area contributed by atoms with E-state index in [4.69, 9.17) is 22.1 Å². The van der Waals surface area contributed by atoms with Gasteiger partial charge in [-0.25, -0.2) is 4.39 Å². The normalized spacial score (nSPS) is 24.8. The van der Waals surface area contributed by atoms with Crippen molar-refractivity contribution in [3.8, 4) is 5.75 Å². The Morgan fingerprint density at radius 2 is 1.81 bits per heavy atom. The van der Waals surface area contributed by atoms with Crippen molar-refractivity contribution in [1.82, 2.24) is 4.98 Å². The fourth-order valence-electron chi connectivity index (χ4n) is 5.19. The molecular formula is C25H26ClFN2O2. The third-order valence-electron chi connectivity index (χ3n) is 7.13. The average Bonchev–Trinajstić information content (AvgIpc) is 3.61. The van der Waals surface area contributed by atoms with Crippen LogP contribution >= 0.6 is 11.6 Å². The Balaban J connectivity index is 1.37. The summed E-state index contributed by atoms with van der Waals surface area (Å²) in [5, 5.41) is 1.79. The lowest BCUT2D eigenvalue weighted by Gasteiger charge is -2.45. The molecule has 1 unspecified atom stereocenters. The van der Waals surface area contributed by atoms with Gasteiger partial charge in [-0.2, -0.15) is 0 Å². The van der Waals surface area contributed by atoms with E-state index in [2.05, 4.69) is 4.98 Å².